The second-order valence-electron chi connectivity index (χ2n) is 5.06. The highest BCUT2D eigenvalue weighted by Gasteiger charge is 2.06. The van der Waals surface area contributed by atoms with Crippen LogP contribution in [0.5, 0.6) is 0 Å². The highest BCUT2D eigenvalue weighted by Crippen LogP contribution is 2.15. The zero-order valence-electron chi connectivity index (χ0n) is 12.4. The van der Waals surface area contributed by atoms with Crippen molar-refractivity contribution in [3.8, 4) is 11.3 Å². The first-order valence-electron chi connectivity index (χ1n) is 7.33. The Bertz CT molecular complexity index is 808. The van der Waals surface area contributed by atoms with E-state index in [4.69, 9.17) is 0 Å². The van der Waals surface area contributed by atoms with Crippen LogP contribution in [0.1, 0.15) is 24.0 Å². The Morgan fingerprint density at radius 1 is 1.14 bits per heavy atom. The summed E-state index contributed by atoms with van der Waals surface area (Å²) in [4.78, 5) is 16.6. The van der Waals surface area contributed by atoms with E-state index in [0.717, 1.165) is 34.8 Å². The summed E-state index contributed by atoms with van der Waals surface area (Å²) < 4.78 is 1.48. The van der Waals surface area contributed by atoms with E-state index in [-0.39, 0.29) is 5.56 Å². The maximum absolute atomic E-state index is 12.0. The number of rotatable bonds is 5. The van der Waals surface area contributed by atoms with Crippen molar-refractivity contribution in [1.82, 2.24) is 14.8 Å². The van der Waals surface area contributed by atoms with Gasteiger partial charge in [-0.15, -0.1) is 11.3 Å². The molecule has 0 saturated heterocycles. The van der Waals surface area contributed by atoms with Gasteiger partial charge in [0.25, 0.3) is 5.56 Å². The predicted molar refractivity (Wildman–Crippen MR) is 89.1 cm³/mol. The maximum atomic E-state index is 12.0. The smallest absolute Gasteiger partial charge is 0.267 e. The summed E-state index contributed by atoms with van der Waals surface area (Å²) >= 11 is 1.65. The molecule has 5 heteroatoms. The molecule has 112 valence electrons. The molecule has 0 amide bonds. The molecular formula is C17H17N3OS. The molecule has 0 N–H and O–H groups in total. The van der Waals surface area contributed by atoms with Gasteiger partial charge in [-0.25, -0.2) is 9.67 Å². The van der Waals surface area contributed by atoms with Crippen molar-refractivity contribution >= 4 is 11.3 Å². The maximum Gasteiger partial charge on any atom is 0.267 e. The fourth-order valence-electron chi connectivity index (χ4n) is 2.23. The number of benzene rings is 1. The molecule has 3 aromatic rings. The number of aryl methyl sites for hydroxylation is 1. The van der Waals surface area contributed by atoms with Crippen molar-refractivity contribution in [2.24, 2.45) is 0 Å². The molecule has 0 saturated carbocycles. The average molecular weight is 311 g/mol. The van der Waals surface area contributed by atoms with Crippen LogP contribution in [0.3, 0.4) is 0 Å². The monoisotopic (exact) mass is 311 g/mol. The van der Waals surface area contributed by atoms with Gasteiger partial charge in [0.2, 0.25) is 0 Å². The van der Waals surface area contributed by atoms with Crippen LogP contribution in [0.4, 0.5) is 0 Å². The Labute approximate surface area is 133 Å². The first-order valence-corrected chi connectivity index (χ1v) is 8.21. The summed E-state index contributed by atoms with van der Waals surface area (Å²) in [5.74, 6) is 0. The summed E-state index contributed by atoms with van der Waals surface area (Å²) in [6.45, 7) is 2.55. The van der Waals surface area contributed by atoms with Crippen molar-refractivity contribution in [3.05, 3.63) is 68.9 Å². The van der Waals surface area contributed by atoms with E-state index in [1.807, 2.05) is 35.7 Å². The van der Waals surface area contributed by atoms with E-state index in [1.165, 1.54) is 4.68 Å². The highest BCUT2D eigenvalue weighted by molar-refractivity contribution is 7.09. The van der Waals surface area contributed by atoms with Gasteiger partial charge in [0, 0.05) is 17.0 Å². The number of hydrogen-bond acceptors (Lipinski definition) is 4. The molecule has 0 aliphatic carbocycles. The van der Waals surface area contributed by atoms with Gasteiger partial charge >= 0.3 is 0 Å². The molecule has 4 nitrogen and oxygen atoms in total. The molecular weight excluding hydrogens is 294 g/mol. The quantitative estimate of drug-likeness (QED) is 0.726. The fourth-order valence-corrected chi connectivity index (χ4v) is 3.12. The van der Waals surface area contributed by atoms with E-state index in [2.05, 4.69) is 17.0 Å². The Morgan fingerprint density at radius 3 is 2.73 bits per heavy atom. The Hall–Kier alpha value is -2.27. The largest absolute Gasteiger partial charge is 0.268 e. The lowest BCUT2D eigenvalue weighted by Gasteiger charge is -2.05. The third kappa shape index (κ3) is 3.31. The molecule has 0 bridgehead atoms. The van der Waals surface area contributed by atoms with Crippen LogP contribution in [-0.4, -0.2) is 14.8 Å². The lowest BCUT2D eigenvalue weighted by Crippen LogP contribution is -2.23. The van der Waals surface area contributed by atoms with Crippen molar-refractivity contribution < 1.29 is 0 Å². The Balaban J connectivity index is 1.88. The fraction of sp³-hybridized carbons (Fsp3) is 0.235. The van der Waals surface area contributed by atoms with Gasteiger partial charge < -0.3 is 0 Å². The zero-order valence-corrected chi connectivity index (χ0v) is 13.2. The van der Waals surface area contributed by atoms with Gasteiger partial charge in [-0.1, -0.05) is 37.3 Å². The lowest BCUT2D eigenvalue weighted by molar-refractivity contribution is 0.632. The molecule has 1 aromatic carbocycles. The standard InChI is InChI=1S/C17H17N3OS/c1-2-6-16-18-14(12-22-16)11-20-17(21)10-9-15(19-20)13-7-4-3-5-8-13/h3-5,7-10,12H,2,6,11H2,1H3. The molecule has 0 aliphatic rings. The van der Waals surface area contributed by atoms with Crippen molar-refractivity contribution in [3.63, 3.8) is 0 Å². The van der Waals surface area contributed by atoms with E-state index in [0.29, 0.717) is 6.54 Å². The molecule has 0 radical (unpaired) electrons. The van der Waals surface area contributed by atoms with Crippen LogP contribution in [-0.2, 0) is 13.0 Å². The molecule has 0 spiro atoms. The summed E-state index contributed by atoms with van der Waals surface area (Å²) in [6.07, 6.45) is 2.06. The molecule has 22 heavy (non-hydrogen) atoms. The SMILES string of the molecule is CCCc1nc(Cn2nc(-c3ccccc3)ccc2=O)cs1. The normalized spacial score (nSPS) is 10.8. The lowest BCUT2D eigenvalue weighted by atomic mass is 10.1. The first-order chi connectivity index (χ1) is 10.8. The molecule has 0 atom stereocenters. The molecule has 3 rings (SSSR count). The van der Waals surface area contributed by atoms with Crippen LogP contribution in [0.25, 0.3) is 11.3 Å². The second kappa shape index (κ2) is 6.66. The van der Waals surface area contributed by atoms with Gasteiger partial charge in [-0.2, -0.15) is 5.10 Å². The Morgan fingerprint density at radius 2 is 1.95 bits per heavy atom. The van der Waals surface area contributed by atoms with E-state index in [9.17, 15) is 4.79 Å². The van der Waals surface area contributed by atoms with Crippen molar-refractivity contribution in [2.45, 2.75) is 26.3 Å². The third-order valence-electron chi connectivity index (χ3n) is 3.31. The first kappa shape index (κ1) is 14.7. The zero-order chi connectivity index (χ0) is 15.4. The summed E-state index contributed by atoms with van der Waals surface area (Å²) in [5.41, 5.74) is 2.59. The van der Waals surface area contributed by atoms with E-state index >= 15 is 0 Å². The van der Waals surface area contributed by atoms with Crippen molar-refractivity contribution in [1.29, 1.82) is 0 Å². The van der Waals surface area contributed by atoms with Gasteiger partial charge in [0.15, 0.2) is 0 Å². The van der Waals surface area contributed by atoms with Crippen LogP contribution in [0, 0.1) is 0 Å². The molecule has 2 heterocycles. The highest BCUT2D eigenvalue weighted by atomic mass is 32.1. The molecule has 0 aliphatic heterocycles. The van der Waals surface area contributed by atoms with Crippen LogP contribution < -0.4 is 5.56 Å². The third-order valence-corrected chi connectivity index (χ3v) is 4.27. The van der Waals surface area contributed by atoms with Gasteiger partial charge in [-0.05, 0) is 18.9 Å². The van der Waals surface area contributed by atoms with Gasteiger partial charge in [0.1, 0.15) is 0 Å². The van der Waals surface area contributed by atoms with E-state index < -0.39 is 0 Å². The minimum absolute atomic E-state index is 0.107. The molecule has 2 aromatic heterocycles. The van der Waals surface area contributed by atoms with Crippen LogP contribution >= 0.6 is 11.3 Å². The minimum atomic E-state index is -0.107. The summed E-state index contributed by atoms with van der Waals surface area (Å²) in [6, 6.07) is 13.2. The molecule has 0 fully saturated rings. The Kier molecular flexibility index (Phi) is 4.44. The van der Waals surface area contributed by atoms with Crippen molar-refractivity contribution in [2.75, 3.05) is 0 Å². The minimum Gasteiger partial charge on any atom is -0.268 e. The molecule has 0 unspecified atom stereocenters. The average Bonchev–Trinajstić information content (AvgIpc) is 2.98. The topological polar surface area (TPSA) is 47.8 Å². The number of nitrogens with zero attached hydrogens (tertiary/aromatic N) is 3. The van der Waals surface area contributed by atoms with Gasteiger partial charge in [0.05, 0.1) is 22.9 Å². The number of aromatic nitrogens is 3. The number of thiazole rings is 1. The van der Waals surface area contributed by atoms with E-state index in [1.54, 1.807) is 23.5 Å². The number of hydrogen-bond donors (Lipinski definition) is 0. The second-order valence-corrected chi connectivity index (χ2v) is 6.01. The summed E-state index contributed by atoms with van der Waals surface area (Å²) in [5, 5.41) is 7.59. The predicted octanol–water partition coefficient (Wildman–Crippen LogP) is 3.37. The van der Waals surface area contributed by atoms with Crippen LogP contribution in [0.15, 0.2) is 52.6 Å². The van der Waals surface area contributed by atoms with Gasteiger partial charge in [-0.3, -0.25) is 4.79 Å². The summed E-state index contributed by atoms with van der Waals surface area (Å²) in [7, 11) is 0. The van der Waals surface area contributed by atoms with Crippen LogP contribution in [0.2, 0.25) is 0 Å².